The lowest BCUT2D eigenvalue weighted by molar-refractivity contribution is 0.283. The molecular weight excluding hydrogens is 219 g/mol. The first-order valence-corrected chi connectivity index (χ1v) is 5.09. The highest BCUT2D eigenvalue weighted by Gasteiger charge is 2.05. The van der Waals surface area contributed by atoms with Gasteiger partial charge in [-0.25, -0.2) is 4.39 Å². The van der Waals surface area contributed by atoms with Crippen molar-refractivity contribution in [2.45, 2.75) is 6.61 Å². The predicted molar refractivity (Wildman–Crippen MR) is 63.7 cm³/mol. The Morgan fingerprint density at radius 1 is 1.12 bits per heavy atom. The Balaban J connectivity index is 2.14. The first-order chi connectivity index (χ1) is 9.44. The zero-order valence-electron chi connectivity index (χ0n) is 12.0. The van der Waals surface area contributed by atoms with Gasteiger partial charge in [-0.15, -0.1) is 0 Å². The highest BCUT2D eigenvalue weighted by atomic mass is 19.1. The van der Waals surface area contributed by atoms with Crippen LogP contribution < -0.4 is 9.47 Å². The molecule has 17 heavy (non-hydrogen) atoms. The Morgan fingerprint density at radius 2 is 1.94 bits per heavy atom. The standard InChI is InChI=1S/C14H13FO2/c1-16-14-9-12(15)7-8-13(14)17-10-11-5-3-2-4-6-11/h2-9H,10H2,1H3/i1D3. The van der Waals surface area contributed by atoms with Gasteiger partial charge < -0.3 is 9.47 Å². The lowest BCUT2D eigenvalue weighted by atomic mass is 10.2. The van der Waals surface area contributed by atoms with Crippen LogP contribution >= 0.6 is 0 Å². The van der Waals surface area contributed by atoms with Crippen molar-refractivity contribution in [2.24, 2.45) is 0 Å². The number of hydrogen-bond acceptors (Lipinski definition) is 2. The van der Waals surface area contributed by atoms with E-state index < -0.39 is 12.9 Å². The van der Waals surface area contributed by atoms with Crippen molar-refractivity contribution in [3.63, 3.8) is 0 Å². The molecule has 0 aromatic heterocycles. The van der Waals surface area contributed by atoms with Gasteiger partial charge in [0.15, 0.2) is 11.5 Å². The van der Waals surface area contributed by atoms with E-state index in [9.17, 15) is 4.39 Å². The fourth-order valence-electron chi connectivity index (χ4n) is 1.42. The summed E-state index contributed by atoms with van der Waals surface area (Å²) < 4.78 is 44.6. The van der Waals surface area contributed by atoms with Crippen LogP contribution in [0.15, 0.2) is 48.5 Å². The summed E-state index contributed by atoms with van der Waals surface area (Å²) in [7, 11) is -2.65. The van der Waals surface area contributed by atoms with Crippen LogP contribution in [0.25, 0.3) is 0 Å². The lowest BCUT2D eigenvalue weighted by Gasteiger charge is -2.10. The smallest absolute Gasteiger partial charge is 0.163 e. The quantitative estimate of drug-likeness (QED) is 0.808. The van der Waals surface area contributed by atoms with Crippen molar-refractivity contribution < 1.29 is 18.0 Å². The minimum absolute atomic E-state index is 0.138. The van der Waals surface area contributed by atoms with Gasteiger partial charge in [0.25, 0.3) is 0 Å². The van der Waals surface area contributed by atoms with E-state index in [1.54, 1.807) is 0 Å². The van der Waals surface area contributed by atoms with E-state index in [-0.39, 0.29) is 18.1 Å². The Bertz CT molecular complexity index is 570. The van der Waals surface area contributed by atoms with E-state index in [4.69, 9.17) is 13.6 Å². The molecule has 0 amide bonds. The van der Waals surface area contributed by atoms with Crippen LogP contribution in [0.3, 0.4) is 0 Å². The summed E-state index contributed by atoms with van der Waals surface area (Å²) in [5, 5.41) is 0. The number of methoxy groups -OCH3 is 1. The summed E-state index contributed by atoms with van der Waals surface area (Å²) in [5.74, 6) is -0.538. The molecule has 0 aliphatic carbocycles. The largest absolute Gasteiger partial charge is 0.493 e. The van der Waals surface area contributed by atoms with Gasteiger partial charge in [-0.05, 0) is 17.7 Å². The molecule has 0 aliphatic rings. The number of halogens is 1. The molecule has 0 aliphatic heterocycles. The molecule has 0 heterocycles. The third-order valence-corrected chi connectivity index (χ3v) is 2.25. The second kappa shape index (κ2) is 5.34. The lowest BCUT2D eigenvalue weighted by Crippen LogP contribution is -1.97. The molecule has 2 aromatic carbocycles. The van der Waals surface area contributed by atoms with Gasteiger partial charge in [-0.1, -0.05) is 30.3 Å². The molecule has 0 N–H and O–H groups in total. The molecule has 0 atom stereocenters. The first-order valence-electron chi connectivity index (χ1n) is 6.59. The Kier molecular flexibility index (Phi) is 2.55. The average Bonchev–Trinajstić information content (AvgIpc) is 2.37. The van der Waals surface area contributed by atoms with Gasteiger partial charge in [-0.2, -0.15) is 0 Å². The fraction of sp³-hybridized carbons (Fsp3) is 0.143. The van der Waals surface area contributed by atoms with Crippen molar-refractivity contribution in [3.05, 3.63) is 59.9 Å². The van der Waals surface area contributed by atoms with Crippen LogP contribution in [-0.2, 0) is 6.61 Å². The molecule has 2 aromatic rings. The third kappa shape index (κ3) is 2.97. The SMILES string of the molecule is [2H]C([2H])([2H])Oc1cc(F)ccc1OCc1ccccc1. The van der Waals surface area contributed by atoms with Gasteiger partial charge in [0.1, 0.15) is 12.4 Å². The monoisotopic (exact) mass is 235 g/mol. The summed E-state index contributed by atoms with van der Waals surface area (Å²) in [5.41, 5.74) is 0.914. The highest BCUT2D eigenvalue weighted by Crippen LogP contribution is 2.28. The van der Waals surface area contributed by atoms with Gasteiger partial charge in [0.2, 0.25) is 0 Å². The highest BCUT2D eigenvalue weighted by molar-refractivity contribution is 5.40. The maximum Gasteiger partial charge on any atom is 0.163 e. The first kappa shape index (κ1) is 8.12. The van der Waals surface area contributed by atoms with Gasteiger partial charge >= 0.3 is 0 Å². The minimum Gasteiger partial charge on any atom is -0.493 e. The molecule has 0 saturated carbocycles. The molecular formula is C14H13FO2. The molecule has 0 fully saturated rings. The maximum absolute atomic E-state index is 13.2. The van der Waals surface area contributed by atoms with Crippen LogP contribution in [0.4, 0.5) is 4.39 Å². The second-order valence-electron chi connectivity index (χ2n) is 3.47. The van der Waals surface area contributed by atoms with Gasteiger partial charge in [0.05, 0.1) is 11.2 Å². The van der Waals surface area contributed by atoms with E-state index in [1.807, 2.05) is 30.3 Å². The summed E-state index contributed by atoms with van der Waals surface area (Å²) in [6.45, 7) is 0.240. The van der Waals surface area contributed by atoms with E-state index in [0.717, 1.165) is 11.6 Å². The number of ether oxygens (including phenoxy) is 2. The number of hydrogen-bond donors (Lipinski definition) is 0. The molecule has 0 radical (unpaired) electrons. The molecule has 3 heteroatoms. The number of rotatable bonds is 4. The van der Waals surface area contributed by atoms with E-state index >= 15 is 0 Å². The van der Waals surface area contributed by atoms with E-state index in [0.29, 0.717) is 0 Å². The normalized spacial score (nSPS) is 13.4. The summed E-state index contributed by atoms with van der Waals surface area (Å²) >= 11 is 0. The second-order valence-corrected chi connectivity index (χ2v) is 3.47. The minimum atomic E-state index is -2.65. The molecule has 0 saturated heterocycles. The zero-order valence-corrected chi connectivity index (χ0v) is 9.02. The topological polar surface area (TPSA) is 18.5 Å². The summed E-state index contributed by atoms with van der Waals surface area (Å²) in [4.78, 5) is 0. The molecule has 88 valence electrons. The Hall–Kier alpha value is -2.03. The van der Waals surface area contributed by atoms with Gasteiger partial charge in [-0.3, -0.25) is 0 Å². The van der Waals surface area contributed by atoms with E-state index in [2.05, 4.69) is 0 Å². The summed E-state index contributed by atoms with van der Waals surface area (Å²) in [6.07, 6.45) is 0. The molecule has 0 unspecified atom stereocenters. The zero-order chi connectivity index (χ0) is 14.6. The average molecular weight is 235 g/mol. The van der Waals surface area contributed by atoms with Crippen LogP contribution in [0.2, 0.25) is 0 Å². The molecule has 0 spiro atoms. The van der Waals surface area contributed by atoms with Crippen molar-refractivity contribution in [1.29, 1.82) is 0 Å². The molecule has 0 bridgehead atoms. The van der Waals surface area contributed by atoms with Crippen LogP contribution in [0.1, 0.15) is 9.68 Å². The van der Waals surface area contributed by atoms with Gasteiger partial charge in [0, 0.05) is 6.07 Å². The molecule has 2 rings (SSSR count). The van der Waals surface area contributed by atoms with Crippen LogP contribution in [0.5, 0.6) is 11.5 Å². The Morgan fingerprint density at radius 3 is 2.71 bits per heavy atom. The van der Waals surface area contributed by atoms with Crippen LogP contribution in [0, 0.1) is 5.82 Å². The third-order valence-electron chi connectivity index (χ3n) is 2.25. The van der Waals surface area contributed by atoms with E-state index in [1.165, 1.54) is 12.1 Å². The fourth-order valence-corrected chi connectivity index (χ4v) is 1.42. The summed E-state index contributed by atoms with van der Waals surface area (Å²) in [6, 6.07) is 12.9. The number of benzene rings is 2. The van der Waals surface area contributed by atoms with Crippen molar-refractivity contribution in [1.82, 2.24) is 0 Å². The van der Waals surface area contributed by atoms with Crippen molar-refractivity contribution in [3.8, 4) is 11.5 Å². The van der Waals surface area contributed by atoms with Crippen LogP contribution in [-0.4, -0.2) is 7.04 Å². The van der Waals surface area contributed by atoms with Crippen molar-refractivity contribution in [2.75, 3.05) is 7.04 Å². The predicted octanol–water partition coefficient (Wildman–Crippen LogP) is 3.41. The Labute approximate surface area is 104 Å². The maximum atomic E-state index is 13.2. The van der Waals surface area contributed by atoms with Crippen molar-refractivity contribution >= 4 is 0 Å². The molecule has 2 nitrogen and oxygen atoms in total.